The zero-order chi connectivity index (χ0) is 17.0. The molecule has 122 valence electrons. The summed E-state index contributed by atoms with van der Waals surface area (Å²) in [5.74, 6) is 0.890. The summed E-state index contributed by atoms with van der Waals surface area (Å²) in [6.07, 6.45) is 4.69. The van der Waals surface area contributed by atoms with Gasteiger partial charge in [0.05, 0.1) is 0 Å². The summed E-state index contributed by atoms with van der Waals surface area (Å²) < 4.78 is 2.39. The van der Waals surface area contributed by atoms with E-state index >= 15 is 0 Å². The lowest BCUT2D eigenvalue weighted by Gasteiger charge is -2.30. The molecule has 0 heterocycles. The molecule has 0 bridgehead atoms. The standard InChI is InChI=1S/C21H19Br2P/c1-11-9-15-13(5-3-7-17(15)22)19(11)21(24)20-12(2)10-16-14(20)6-4-8-18(16)23/h3-10,19-21H,24H2,1-2H3. The van der Waals surface area contributed by atoms with Crippen molar-refractivity contribution in [2.75, 3.05) is 0 Å². The molecule has 0 amide bonds. The molecule has 4 rings (SSSR count). The molecule has 0 saturated heterocycles. The molecular formula is C21H19Br2P. The Kier molecular flexibility index (Phi) is 4.35. The van der Waals surface area contributed by atoms with Crippen LogP contribution in [0.3, 0.4) is 0 Å². The van der Waals surface area contributed by atoms with Crippen LogP contribution in [0, 0.1) is 0 Å². The number of hydrogen-bond donors (Lipinski definition) is 0. The van der Waals surface area contributed by atoms with Crippen LogP contribution in [0.4, 0.5) is 0 Å². The third-order valence-electron chi connectivity index (χ3n) is 5.34. The Bertz CT molecular complexity index is 821. The maximum Gasteiger partial charge on any atom is 0.0250 e. The molecule has 2 aromatic rings. The van der Waals surface area contributed by atoms with E-state index in [1.807, 2.05) is 0 Å². The first kappa shape index (κ1) is 16.8. The van der Waals surface area contributed by atoms with E-state index in [2.05, 4.69) is 103 Å². The molecular weight excluding hydrogens is 443 g/mol. The largest absolute Gasteiger partial charge is 0.132 e. The quantitative estimate of drug-likeness (QED) is 0.416. The van der Waals surface area contributed by atoms with Gasteiger partial charge >= 0.3 is 0 Å². The maximum atomic E-state index is 3.71. The van der Waals surface area contributed by atoms with E-state index in [0.717, 1.165) is 0 Å². The summed E-state index contributed by atoms with van der Waals surface area (Å²) in [5.41, 5.74) is 8.93. The molecule has 0 aromatic heterocycles. The molecule has 0 spiro atoms. The fraction of sp³-hybridized carbons (Fsp3) is 0.238. The molecule has 3 atom stereocenters. The summed E-state index contributed by atoms with van der Waals surface area (Å²) in [5, 5.41) is 0. The molecule has 3 heteroatoms. The molecule has 0 nitrogen and oxygen atoms in total. The van der Waals surface area contributed by atoms with E-state index in [0.29, 0.717) is 17.5 Å². The number of allylic oxidation sites excluding steroid dienone is 2. The van der Waals surface area contributed by atoms with E-state index in [-0.39, 0.29) is 0 Å². The number of hydrogen-bond acceptors (Lipinski definition) is 0. The Labute approximate surface area is 162 Å². The molecule has 0 radical (unpaired) electrons. The van der Waals surface area contributed by atoms with Crippen molar-refractivity contribution in [3.63, 3.8) is 0 Å². The van der Waals surface area contributed by atoms with Crippen LogP contribution in [0.1, 0.15) is 47.9 Å². The number of benzene rings is 2. The first-order valence-corrected chi connectivity index (χ1v) is 10.4. The lowest BCUT2D eigenvalue weighted by atomic mass is 9.81. The number of fused-ring (bicyclic) bond motifs is 2. The average molecular weight is 462 g/mol. The van der Waals surface area contributed by atoms with Gasteiger partial charge in [-0.2, -0.15) is 0 Å². The Balaban J connectivity index is 1.79. The van der Waals surface area contributed by atoms with Gasteiger partial charge in [0.1, 0.15) is 0 Å². The van der Waals surface area contributed by atoms with Crippen molar-refractivity contribution >= 4 is 53.3 Å². The van der Waals surface area contributed by atoms with E-state index in [9.17, 15) is 0 Å². The fourth-order valence-corrected chi connectivity index (χ4v) is 6.31. The van der Waals surface area contributed by atoms with Gasteiger partial charge in [-0.3, -0.25) is 0 Å². The van der Waals surface area contributed by atoms with Gasteiger partial charge in [-0.15, -0.1) is 9.24 Å². The summed E-state index contributed by atoms with van der Waals surface area (Å²) in [7, 11) is 3.16. The zero-order valence-electron chi connectivity index (χ0n) is 13.7. The van der Waals surface area contributed by atoms with Gasteiger partial charge in [0.25, 0.3) is 0 Å². The topological polar surface area (TPSA) is 0 Å². The minimum atomic E-state index is 0.445. The molecule has 3 unspecified atom stereocenters. The molecule has 0 N–H and O–H groups in total. The van der Waals surface area contributed by atoms with Crippen molar-refractivity contribution < 1.29 is 0 Å². The Morgan fingerprint density at radius 3 is 1.62 bits per heavy atom. The van der Waals surface area contributed by atoms with Crippen molar-refractivity contribution in [2.24, 2.45) is 0 Å². The minimum absolute atomic E-state index is 0.445. The van der Waals surface area contributed by atoms with Gasteiger partial charge in [-0.1, -0.05) is 79.4 Å². The molecule has 24 heavy (non-hydrogen) atoms. The van der Waals surface area contributed by atoms with Crippen LogP contribution >= 0.6 is 41.1 Å². The predicted molar refractivity (Wildman–Crippen MR) is 115 cm³/mol. The summed E-state index contributed by atoms with van der Waals surface area (Å²) >= 11 is 7.43. The van der Waals surface area contributed by atoms with E-state index < -0.39 is 0 Å². The Morgan fingerprint density at radius 1 is 0.792 bits per heavy atom. The third kappa shape index (κ3) is 2.50. The lowest BCUT2D eigenvalue weighted by Crippen LogP contribution is -2.20. The van der Waals surface area contributed by atoms with Crippen LogP contribution in [0.15, 0.2) is 56.5 Å². The zero-order valence-corrected chi connectivity index (χ0v) is 18.0. The molecule has 2 aliphatic rings. The van der Waals surface area contributed by atoms with Gasteiger partial charge in [0.15, 0.2) is 0 Å². The predicted octanol–water partition coefficient (Wildman–Crippen LogP) is 7.16. The highest BCUT2D eigenvalue weighted by atomic mass is 79.9. The van der Waals surface area contributed by atoms with Crippen molar-refractivity contribution in [3.05, 3.63) is 78.7 Å². The number of halogens is 2. The number of rotatable bonds is 2. The normalized spacial score (nSPS) is 22.7. The van der Waals surface area contributed by atoms with Crippen LogP contribution in [-0.4, -0.2) is 5.66 Å². The molecule has 2 aliphatic carbocycles. The van der Waals surface area contributed by atoms with Gasteiger partial charge in [0, 0.05) is 20.8 Å². The summed E-state index contributed by atoms with van der Waals surface area (Å²) in [4.78, 5) is 0. The first-order chi connectivity index (χ1) is 11.5. The van der Waals surface area contributed by atoms with E-state index in [1.54, 1.807) is 0 Å². The highest BCUT2D eigenvalue weighted by Gasteiger charge is 2.37. The monoisotopic (exact) mass is 460 g/mol. The van der Waals surface area contributed by atoms with Gasteiger partial charge in [-0.25, -0.2) is 0 Å². The van der Waals surface area contributed by atoms with Crippen molar-refractivity contribution in [1.82, 2.24) is 0 Å². The Hall–Kier alpha value is -0.690. The molecule has 0 fully saturated rings. The highest BCUT2D eigenvalue weighted by molar-refractivity contribution is 9.10. The van der Waals surface area contributed by atoms with Crippen molar-refractivity contribution in [1.29, 1.82) is 0 Å². The third-order valence-corrected chi connectivity index (χ3v) is 7.49. The van der Waals surface area contributed by atoms with Gasteiger partial charge in [0.2, 0.25) is 0 Å². The van der Waals surface area contributed by atoms with Gasteiger partial charge < -0.3 is 0 Å². The average Bonchev–Trinajstić information content (AvgIpc) is 3.05. The Morgan fingerprint density at radius 2 is 1.21 bits per heavy atom. The van der Waals surface area contributed by atoms with Crippen LogP contribution in [0.5, 0.6) is 0 Å². The fourth-order valence-electron chi connectivity index (χ4n) is 4.29. The maximum absolute atomic E-state index is 3.71. The van der Waals surface area contributed by atoms with Crippen LogP contribution in [0.2, 0.25) is 0 Å². The van der Waals surface area contributed by atoms with E-state index in [1.165, 1.54) is 42.3 Å². The van der Waals surface area contributed by atoms with Gasteiger partial charge in [-0.05, 0) is 53.9 Å². The second-order valence-electron chi connectivity index (χ2n) is 6.79. The van der Waals surface area contributed by atoms with E-state index in [4.69, 9.17) is 0 Å². The highest BCUT2D eigenvalue weighted by Crippen LogP contribution is 2.52. The van der Waals surface area contributed by atoms with Crippen LogP contribution in [-0.2, 0) is 0 Å². The van der Waals surface area contributed by atoms with Crippen molar-refractivity contribution in [3.8, 4) is 0 Å². The summed E-state index contributed by atoms with van der Waals surface area (Å²) in [6.45, 7) is 4.54. The van der Waals surface area contributed by atoms with Crippen LogP contribution < -0.4 is 0 Å². The first-order valence-electron chi connectivity index (χ1n) is 8.18. The van der Waals surface area contributed by atoms with Crippen LogP contribution in [0.25, 0.3) is 12.2 Å². The van der Waals surface area contributed by atoms with Crippen molar-refractivity contribution in [2.45, 2.75) is 31.3 Å². The smallest absolute Gasteiger partial charge is 0.0250 e. The minimum Gasteiger partial charge on any atom is -0.132 e. The lowest BCUT2D eigenvalue weighted by molar-refractivity contribution is 0.661. The second-order valence-corrected chi connectivity index (χ2v) is 9.27. The summed E-state index contributed by atoms with van der Waals surface area (Å²) in [6, 6.07) is 13.1. The molecule has 0 aliphatic heterocycles. The second kappa shape index (κ2) is 6.24. The molecule has 0 saturated carbocycles. The molecule has 2 aromatic carbocycles. The SMILES string of the molecule is CC1=Cc2c(Br)cccc2C1C(P)C1C(C)=Cc2c(Br)cccc21.